The zero-order valence-electron chi connectivity index (χ0n) is 12.5. The van der Waals surface area contributed by atoms with E-state index >= 15 is 0 Å². The molecule has 0 atom stereocenters. The van der Waals surface area contributed by atoms with Gasteiger partial charge in [-0.3, -0.25) is 0 Å². The minimum Gasteiger partial charge on any atom is -0.487 e. The van der Waals surface area contributed by atoms with Crippen LogP contribution in [-0.4, -0.2) is 18.7 Å². The summed E-state index contributed by atoms with van der Waals surface area (Å²) in [6, 6.07) is 8.35. The smallest absolute Gasteiger partial charge is 0.123 e. The van der Waals surface area contributed by atoms with E-state index in [0.717, 1.165) is 31.2 Å². The summed E-state index contributed by atoms with van der Waals surface area (Å²) in [5.41, 5.74) is 1.33. The van der Waals surface area contributed by atoms with Crippen LogP contribution in [-0.2, 0) is 0 Å². The summed E-state index contributed by atoms with van der Waals surface area (Å²) in [7, 11) is 0. The first-order chi connectivity index (χ1) is 9.11. The van der Waals surface area contributed by atoms with Gasteiger partial charge in [-0.15, -0.1) is 0 Å². The molecule has 1 aliphatic rings. The molecule has 1 N–H and O–H groups in total. The van der Waals surface area contributed by atoms with Crippen molar-refractivity contribution in [2.45, 2.75) is 52.1 Å². The Kier molecular flexibility index (Phi) is 4.87. The lowest BCUT2D eigenvalue weighted by molar-refractivity contribution is -0.0148. The number of hydrogen-bond donors (Lipinski definition) is 1. The van der Waals surface area contributed by atoms with Crippen molar-refractivity contribution in [1.82, 2.24) is 5.32 Å². The van der Waals surface area contributed by atoms with Crippen LogP contribution in [0.2, 0.25) is 0 Å². The fourth-order valence-electron chi connectivity index (χ4n) is 2.59. The molecule has 2 rings (SSSR count). The third kappa shape index (κ3) is 3.97. The van der Waals surface area contributed by atoms with E-state index in [4.69, 9.17) is 4.74 Å². The minimum absolute atomic E-state index is 0.0933. The van der Waals surface area contributed by atoms with Gasteiger partial charge in [0.05, 0.1) is 0 Å². The third-order valence-electron chi connectivity index (χ3n) is 3.99. The molecule has 0 aromatic heterocycles. The van der Waals surface area contributed by atoms with Crippen molar-refractivity contribution >= 4 is 0 Å². The molecule has 19 heavy (non-hydrogen) atoms. The second-order valence-corrected chi connectivity index (χ2v) is 6.25. The number of para-hydroxylation sites is 1. The molecule has 1 fully saturated rings. The quantitative estimate of drug-likeness (QED) is 0.751. The molecule has 0 unspecified atom stereocenters. The number of aryl methyl sites for hydroxylation is 1. The van der Waals surface area contributed by atoms with Gasteiger partial charge in [0.2, 0.25) is 0 Å². The second-order valence-electron chi connectivity index (χ2n) is 6.25. The first kappa shape index (κ1) is 14.4. The van der Waals surface area contributed by atoms with Gasteiger partial charge in [-0.1, -0.05) is 32.0 Å². The van der Waals surface area contributed by atoms with Crippen molar-refractivity contribution in [2.24, 2.45) is 5.92 Å². The fourth-order valence-corrected chi connectivity index (χ4v) is 2.59. The third-order valence-corrected chi connectivity index (χ3v) is 3.99. The second kappa shape index (κ2) is 6.42. The molecular formula is C17H27NO. The van der Waals surface area contributed by atoms with E-state index in [-0.39, 0.29) is 5.60 Å². The van der Waals surface area contributed by atoms with Crippen LogP contribution in [0.3, 0.4) is 0 Å². The first-order valence-corrected chi connectivity index (χ1v) is 7.57. The highest BCUT2D eigenvalue weighted by Gasteiger charge is 2.38. The zero-order valence-corrected chi connectivity index (χ0v) is 12.5. The Morgan fingerprint density at radius 2 is 2.00 bits per heavy atom. The summed E-state index contributed by atoms with van der Waals surface area (Å²) in [6.45, 7) is 8.77. The number of ether oxygens (including phenoxy) is 1. The van der Waals surface area contributed by atoms with Gasteiger partial charge in [-0.25, -0.2) is 0 Å². The number of rotatable bonds is 7. The van der Waals surface area contributed by atoms with E-state index < -0.39 is 0 Å². The summed E-state index contributed by atoms with van der Waals surface area (Å²) in [6.07, 6.45) is 4.82. The van der Waals surface area contributed by atoms with Gasteiger partial charge in [0.1, 0.15) is 11.4 Å². The van der Waals surface area contributed by atoms with Gasteiger partial charge in [-0.05, 0) is 63.2 Å². The van der Waals surface area contributed by atoms with Crippen molar-refractivity contribution < 1.29 is 4.74 Å². The number of hydrogen-bond acceptors (Lipinski definition) is 2. The molecule has 0 saturated heterocycles. The van der Waals surface area contributed by atoms with Crippen LogP contribution in [0.4, 0.5) is 0 Å². The summed E-state index contributed by atoms with van der Waals surface area (Å²) in [4.78, 5) is 0. The monoisotopic (exact) mass is 261 g/mol. The Morgan fingerprint density at radius 3 is 2.58 bits per heavy atom. The van der Waals surface area contributed by atoms with Crippen molar-refractivity contribution in [1.29, 1.82) is 0 Å². The number of benzene rings is 1. The molecule has 2 heteroatoms. The maximum absolute atomic E-state index is 6.34. The van der Waals surface area contributed by atoms with Crippen LogP contribution in [0.1, 0.15) is 45.1 Å². The van der Waals surface area contributed by atoms with Crippen LogP contribution in [0, 0.1) is 12.8 Å². The molecule has 1 aromatic rings. The largest absolute Gasteiger partial charge is 0.487 e. The summed E-state index contributed by atoms with van der Waals surface area (Å²) in [5, 5.41) is 3.53. The van der Waals surface area contributed by atoms with Gasteiger partial charge in [-0.2, -0.15) is 0 Å². The maximum Gasteiger partial charge on any atom is 0.123 e. The molecule has 0 spiro atoms. The Morgan fingerprint density at radius 1 is 1.26 bits per heavy atom. The lowest BCUT2D eigenvalue weighted by atomic mass is 9.77. The van der Waals surface area contributed by atoms with E-state index in [2.05, 4.69) is 50.4 Å². The highest BCUT2D eigenvalue weighted by atomic mass is 16.5. The molecule has 1 aromatic carbocycles. The van der Waals surface area contributed by atoms with Gasteiger partial charge in [0.25, 0.3) is 0 Å². The lowest BCUT2D eigenvalue weighted by Crippen LogP contribution is -2.45. The van der Waals surface area contributed by atoms with Crippen LogP contribution in [0.15, 0.2) is 24.3 Å². The first-order valence-electron chi connectivity index (χ1n) is 7.57. The predicted octanol–water partition coefficient (Wildman–Crippen LogP) is 3.93. The summed E-state index contributed by atoms with van der Waals surface area (Å²) < 4.78 is 6.34. The van der Waals surface area contributed by atoms with Gasteiger partial charge >= 0.3 is 0 Å². The SMILES string of the molecule is Cc1ccccc1OC1(CCNCC(C)C)CCC1. The summed E-state index contributed by atoms with van der Waals surface area (Å²) in [5.74, 6) is 1.78. The number of nitrogens with one attached hydrogen (secondary N) is 1. The summed E-state index contributed by atoms with van der Waals surface area (Å²) >= 11 is 0. The highest BCUT2D eigenvalue weighted by Crippen LogP contribution is 2.39. The van der Waals surface area contributed by atoms with Gasteiger partial charge in [0.15, 0.2) is 0 Å². The van der Waals surface area contributed by atoms with E-state index in [1.807, 2.05) is 0 Å². The Labute approximate surface area is 117 Å². The van der Waals surface area contributed by atoms with Gasteiger partial charge in [0, 0.05) is 0 Å². The standard InChI is InChI=1S/C17H27NO/c1-14(2)13-18-12-11-17(9-6-10-17)19-16-8-5-4-7-15(16)3/h4-5,7-8,14,18H,6,9-13H2,1-3H3. The molecule has 1 aliphatic carbocycles. The van der Waals surface area contributed by atoms with E-state index in [1.165, 1.54) is 24.8 Å². The highest BCUT2D eigenvalue weighted by molar-refractivity contribution is 5.32. The van der Waals surface area contributed by atoms with Crippen LogP contribution >= 0.6 is 0 Å². The van der Waals surface area contributed by atoms with Crippen molar-refractivity contribution in [2.75, 3.05) is 13.1 Å². The van der Waals surface area contributed by atoms with Crippen molar-refractivity contribution in [3.63, 3.8) is 0 Å². The zero-order chi connectivity index (χ0) is 13.7. The van der Waals surface area contributed by atoms with E-state index in [1.54, 1.807) is 0 Å². The topological polar surface area (TPSA) is 21.3 Å². The molecule has 0 radical (unpaired) electrons. The van der Waals surface area contributed by atoms with Crippen LogP contribution < -0.4 is 10.1 Å². The molecular weight excluding hydrogens is 234 g/mol. The molecule has 0 amide bonds. The minimum atomic E-state index is 0.0933. The van der Waals surface area contributed by atoms with Crippen LogP contribution in [0.5, 0.6) is 5.75 Å². The average molecular weight is 261 g/mol. The molecule has 0 aliphatic heterocycles. The lowest BCUT2D eigenvalue weighted by Gasteiger charge is -2.42. The fraction of sp³-hybridized carbons (Fsp3) is 0.647. The van der Waals surface area contributed by atoms with E-state index in [0.29, 0.717) is 0 Å². The van der Waals surface area contributed by atoms with Crippen molar-refractivity contribution in [3.05, 3.63) is 29.8 Å². The maximum atomic E-state index is 6.34. The van der Waals surface area contributed by atoms with Gasteiger partial charge < -0.3 is 10.1 Å². The van der Waals surface area contributed by atoms with Crippen molar-refractivity contribution in [3.8, 4) is 5.75 Å². The molecule has 1 saturated carbocycles. The van der Waals surface area contributed by atoms with E-state index in [9.17, 15) is 0 Å². The normalized spacial score (nSPS) is 17.3. The average Bonchev–Trinajstić information content (AvgIpc) is 2.33. The predicted molar refractivity (Wildman–Crippen MR) is 80.7 cm³/mol. The Hall–Kier alpha value is -1.02. The molecule has 106 valence electrons. The Balaban J connectivity index is 1.86. The Bertz CT molecular complexity index is 396. The van der Waals surface area contributed by atoms with Crippen LogP contribution in [0.25, 0.3) is 0 Å². The molecule has 0 bridgehead atoms. The molecule has 0 heterocycles. The molecule has 2 nitrogen and oxygen atoms in total.